The summed E-state index contributed by atoms with van der Waals surface area (Å²) in [6.07, 6.45) is 7.10. The number of guanidine groups is 1. The molecule has 2 heterocycles. The lowest BCUT2D eigenvalue weighted by molar-refractivity contribution is 0.994. The Kier molecular flexibility index (Phi) is 5.53. The summed E-state index contributed by atoms with van der Waals surface area (Å²) in [5.41, 5.74) is 12.4. The Morgan fingerprint density at radius 1 is 0.852 bits per heavy atom. The quantitative estimate of drug-likeness (QED) is 0.248. The van der Waals surface area contributed by atoms with Gasteiger partial charge in [0, 0.05) is 45.3 Å². The topological polar surface area (TPSA) is 107 Å². The van der Waals surface area contributed by atoms with Crippen LogP contribution in [0.3, 0.4) is 0 Å². The third-order valence-electron chi connectivity index (χ3n) is 3.99. The predicted molar refractivity (Wildman–Crippen MR) is 114 cm³/mol. The lowest BCUT2D eigenvalue weighted by Gasteiger charge is -1.95. The molecule has 0 unspecified atom stereocenters. The first-order valence-electron chi connectivity index (χ1n) is 8.09. The Bertz CT molecular complexity index is 1140. The second-order valence-corrected chi connectivity index (χ2v) is 5.68. The highest BCUT2D eigenvalue weighted by molar-refractivity contribution is 6.00. The van der Waals surface area contributed by atoms with Gasteiger partial charge in [-0.15, -0.1) is 17.5 Å². The molecule has 0 fully saturated rings. The highest BCUT2D eigenvalue weighted by Crippen LogP contribution is 2.16. The zero-order chi connectivity index (χ0) is 17.8. The van der Waals surface area contributed by atoms with Crippen molar-refractivity contribution in [3.63, 3.8) is 0 Å². The van der Waals surface area contributed by atoms with E-state index in [4.69, 9.17) is 5.73 Å². The van der Waals surface area contributed by atoms with Crippen molar-refractivity contribution in [3.8, 4) is 0 Å². The SMILES string of the molecule is Cl.N/C(=N/N=C\c1c[nH]c2ccccc12)N/N=C\c1c[nH]c2ccccc12. The van der Waals surface area contributed by atoms with Crippen molar-refractivity contribution in [1.82, 2.24) is 15.4 Å². The number of halogens is 1. The Balaban J connectivity index is 0.00000210. The van der Waals surface area contributed by atoms with Gasteiger partial charge in [0.2, 0.25) is 5.96 Å². The van der Waals surface area contributed by atoms with Crippen LogP contribution in [0.4, 0.5) is 0 Å². The molecule has 136 valence electrons. The summed E-state index contributed by atoms with van der Waals surface area (Å²) in [4.78, 5) is 6.36. The molecule has 4 rings (SSSR count). The summed E-state index contributed by atoms with van der Waals surface area (Å²) in [5, 5.41) is 14.2. The molecule has 0 radical (unpaired) electrons. The van der Waals surface area contributed by atoms with Gasteiger partial charge in [-0.2, -0.15) is 10.2 Å². The summed E-state index contributed by atoms with van der Waals surface area (Å²) in [5.74, 6) is 0.109. The minimum Gasteiger partial charge on any atom is -0.367 e. The van der Waals surface area contributed by atoms with Crippen LogP contribution in [0.5, 0.6) is 0 Å². The monoisotopic (exact) mass is 379 g/mol. The first-order chi connectivity index (χ1) is 12.8. The van der Waals surface area contributed by atoms with E-state index in [1.807, 2.05) is 60.9 Å². The maximum absolute atomic E-state index is 5.77. The molecule has 2 aromatic heterocycles. The smallest absolute Gasteiger partial charge is 0.234 e. The zero-order valence-electron chi connectivity index (χ0n) is 14.3. The molecule has 8 heteroatoms. The Hall–Kier alpha value is -3.58. The number of aromatic amines is 2. The maximum atomic E-state index is 5.77. The van der Waals surface area contributed by atoms with Gasteiger partial charge >= 0.3 is 0 Å². The van der Waals surface area contributed by atoms with Gasteiger partial charge < -0.3 is 15.7 Å². The van der Waals surface area contributed by atoms with Crippen LogP contribution in [0, 0.1) is 0 Å². The average Bonchev–Trinajstić information content (AvgIpc) is 3.27. The van der Waals surface area contributed by atoms with Gasteiger partial charge in [-0.25, -0.2) is 5.43 Å². The number of para-hydroxylation sites is 2. The second-order valence-electron chi connectivity index (χ2n) is 5.68. The van der Waals surface area contributed by atoms with Crippen LogP contribution in [0.25, 0.3) is 21.8 Å². The van der Waals surface area contributed by atoms with Crippen molar-refractivity contribution < 1.29 is 0 Å². The van der Waals surface area contributed by atoms with Crippen molar-refractivity contribution in [2.24, 2.45) is 21.0 Å². The van der Waals surface area contributed by atoms with E-state index in [1.165, 1.54) is 0 Å². The van der Waals surface area contributed by atoms with Crippen LogP contribution < -0.4 is 11.2 Å². The van der Waals surface area contributed by atoms with Crippen molar-refractivity contribution in [2.75, 3.05) is 0 Å². The van der Waals surface area contributed by atoms with E-state index < -0.39 is 0 Å². The molecule has 0 amide bonds. The third kappa shape index (κ3) is 3.99. The summed E-state index contributed by atoms with van der Waals surface area (Å²) in [6.45, 7) is 0. The molecule has 0 spiro atoms. The van der Waals surface area contributed by atoms with E-state index >= 15 is 0 Å². The van der Waals surface area contributed by atoms with Crippen molar-refractivity contribution in [3.05, 3.63) is 72.1 Å². The van der Waals surface area contributed by atoms with Gasteiger partial charge in [-0.1, -0.05) is 36.4 Å². The standard InChI is InChI=1S/C19H17N7.ClH/c20-19(25-23-11-13-9-21-17-7-3-1-5-15(13)17)26-24-12-14-10-22-18-8-4-2-6-16(14)18;/h1-12,21-22H,(H3,20,25,26);1H/b23-11-,24-12-;. The largest absolute Gasteiger partial charge is 0.367 e. The van der Waals surface area contributed by atoms with E-state index in [0.29, 0.717) is 0 Å². The fraction of sp³-hybridized carbons (Fsp3) is 0. The van der Waals surface area contributed by atoms with Crippen LogP contribution >= 0.6 is 12.4 Å². The van der Waals surface area contributed by atoms with Crippen LogP contribution in [-0.4, -0.2) is 28.4 Å². The van der Waals surface area contributed by atoms with E-state index in [1.54, 1.807) is 12.4 Å². The molecule has 0 saturated heterocycles. The fourth-order valence-electron chi connectivity index (χ4n) is 2.75. The lowest BCUT2D eigenvalue weighted by Crippen LogP contribution is -2.26. The number of fused-ring (bicyclic) bond motifs is 2. The van der Waals surface area contributed by atoms with Gasteiger partial charge in [0.1, 0.15) is 0 Å². The van der Waals surface area contributed by atoms with Crippen LogP contribution in [0.1, 0.15) is 11.1 Å². The molecular formula is C19H18ClN7. The van der Waals surface area contributed by atoms with Gasteiger partial charge in [-0.3, -0.25) is 0 Å². The highest BCUT2D eigenvalue weighted by atomic mass is 35.5. The summed E-state index contributed by atoms with van der Waals surface area (Å²) in [7, 11) is 0. The number of nitrogens with two attached hydrogens (primary N) is 1. The Labute approximate surface area is 161 Å². The van der Waals surface area contributed by atoms with Gasteiger partial charge in [-0.05, 0) is 12.1 Å². The molecule has 5 N–H and O–H groups in total. The number of nitrogens with one attached hydrogen (secondary N) is 3. The number of rotatable bonds is 4. The number of hydrogen-bond donors (Lipinski definition) is 4. The van der Waals surface area contributed by atoms with Crippen molar-refractivity contribution in [1.29, 1.82) is 0 Å². The van der Waals surface area contributed by atoms with Gasteiger partial charge in [0.25, 0.3) is 0 Å². The fourth-order valence-corrected chi connectivity index (χ4v) is 2.75. The van der Waals surface area contributed by atoms with E-state index in [9.17, 15) is 0 Å². The molecule has 4 aromatic rings. The van der Waals surface area contributed by atoms with Gasteiger partial charge in [0.05, 0.1) is 12.4 Å². The molecule has 0 aliphatic rings. The molecule has 0 bridgehead atoms. The number of nitrogens with zero attached hydrogens (tertiary/aromatic N) is 3. The third-order valence-corrected chi connectivity index (χ3v) is 3.99. The summed E-state index contributed by atoms with van der Waals surface area (Å²) >= 11 is 0. The number of hydrogen-bond acceptors (Lipinski definition) is 3. The first kappa shape index (κ1) is 18.2. The predicted octanol–water partition coefficient (Wildman–Crippen LogP) is 3.34. The molecule has 2 aromatic carbocycles. The molecule has 27 heavy (non-hydrogen) atoms. The molecule has 0 aliphatic heterocycles. The molecule has 0 saturated carbocycles. The van der Waals surface area contributed by atoms with E-state index in [-0.39, 0.29) is 18.4 Å². The summed E-state index contributed by atoms with van der Waals surface area (Å²) in [6, 6.07) is 16.0. The van der Waals surface area contributed by atoms with Crippen molar-refractivity contribution >= 4 is 52.6 Å². The zero-order valence-corrected chi connectivity index (χ0v) is 15.1. The Morgan fingerprint density at radius 2 is 1.41 bits per heavy atom. The second kappa shape index (κ2) is 8.20. The molecule has 7 nitrogen and oxygen atoms in total. The number of benzene rings is 2. The lowest BCUT2D eigenvalue weighted by atomic mass is 10.2. The normalized spacial score (nSPS) is 12.2. The minimum atomic E-state index is 0. The van der Waals surface area contributed by atoms with E-state index in [2.05, 4.69) is 30.7 Å². The van der Waals surface area contributed by atoms with Crippen LogP contribution in [0.15, 0.2) is 76.2 Å². The maximum Gasteiger partial charge on any atom is 0.234 e. The minimum absolute atomic E-state index is 0. The molecular weight excluding hydrogens is 362 g/mol. The van der Waals surface area contributed by atoms with E-state index in [0.717, 1.165) is 32.9 Å². The molecule has 0 atom stereocenters. The highest BCUT2D eigenvalue weighted by Gasteiger charge is 2.00. The Morgan fingerprint density at radius 3 is 2.04 bits per heavy atom. The average molecular weight is 380 g/mol. The van der Waals surface area contributed by atoms with Crippen LogP contribution in [0.2, 0.25) is 0 Å². The van der Waals surface area contributed by atoms with Crippen molar-refractivity contribution in [2.45, 2.75) is 0 Å². The number of aromatic nitrogens is 2. The first-order valence-corrected chi connectivity index (χ1v) is 8.09. The summed E-state index contributed by atoms with van der Waals surface area (Å²) < 4.78 is 0. The van der Waals surface area contributed by atoms with Crippen LogP contribution in [-0.2, 0) is 0 Å². The number of hydrazone groups is 1. The number of H-pyrrole nitrogens is 2. The van der Waals surface area contributed by atoms with Gasteiger partial charge in [0.15, 0.2) is 0 Å². The molecule has 0 aliphatic carbocycles.